The van der Waals surface area contributed by atoms with Gasteiger partial charge in [0.1, 0.15) is 18.0 Å². The number of anilines is 3. The molecule has 0 atom stereocenters. The van der Waals surface area contributed by atoms with Crippen LogP contribution in [0.4, 0.5) is 30.5 Å². The minimum Gasteiger partial charge on any atom is -0.356 e. The zero-order chi connectivity index (χ0) is 23.0. The lowest BCUT2D eigenvalue weighted by atomic mass is 10.1. The van der Waals surface area contributed by atoms with Gasteiger partial charge in [-0.2, -0.15) is 13.2 Å². The average Bonchev–Trinajstić information content (AvgIpc) is 3.33. The topological polar surface area (TPSA) is 79.7 Å². The molecule has 0 aromatic carbocycles. The zero-order valence-corrected chi connectivity index (χ0v) is 17.8. The van der Waals surface area contributed by atoms with Gasteiger partial charge < -0.3 is 10.2 Å². The number of nitrogens with zero attached hydrogens (tertiary/aromatic N) is 6. The van der Waals surface area contributed by atoms with Gasteiger partial charge in [0.2, 0.25) is 0 Å². The molecule has 5 heterocycles. The van der Waals surface area contributed by atoms with Gasteiger partial charge in [-0.05, 0) is 55.7 Å². The predicted molar refractivity (Wildman–Crippen MR) is 119 cm³/mol. The molecule has 7 nitrogen and oxygen atoms in total. The Morgan fingerprint density at radius 1 is 0.970 bits per heavy atom. The first-order chi connectivity index (χ1) is 15.9. The highest BCUT2D eigenvalue weighted by molar-refractivity contribution is 5.91. The Labute approximate surface area is 187 Å². The molecule has 0 amide bonds. The summed E-state index contributed by atoms with van der Waals surface area (Å²) in [5, 5.41) is 3.87. The monoisotopic (exact) mass is 451 g/mol. The fourth-order valence-corrected chi connectivity index (χ4v) is 3.98. The molecule has 4 aromatic rings. The van der Waals surface area contributed by atoms with Crippen molar-refractivity contribution in [2.45, 2.75) is 25.9 Å². The number of halogens is 3. The largest absolute Gasteiger partial charge is 0.419 e. The molecule has 1 aliphatic heterocycles. The Bertz CT molecular complexity index is 1320. The third kappa shape index (κ3) is 4.15. The van der Waals surface area contributed by atoms with Gasteiger partial charge in [0, 0.05) is 30.9 Å². The third-order valence-electron chi connectivity index (χ3n) is 5.59. The summed E-state index contributed by atoms with van der Waals surface area (Å²) in [5.74, 6) is 0.288. The molecule has 5 rings (SSSR count). The van der Waals surface area contributed by atoms with E-state index in [9.17, 15) is 13.2 Å². The fourth-order valence-electron chi connectivity index (χ4n) is 3.98. The van der Waals surface area contributed by atoms with Crippen LogP contribution < -0.4 is 10.2 Å². The first-order valence-corrected chi connectivity index (χ1v) is 10.5. The average molecular weight is 451 g/mol. The molecular weight excluding hydrogens is 431 g/mol. The second-order valence-corrected chi connectivity index (χ2v) is 7.87. The highest BCUT2D eigenvalue weighted by atomic mass is 19.4. The Morgan fingerprint density at radius 2 is 1.79 bits per heavy atom. The quantitative estimate of drug-likeness (QED) is 0.459. The van der Waals surface area contributed by atoms with Crippen molar-refractivity contribution in [3.8, 4) is 11.4 Å². The van der Waals surface area contributed by atoms with Crippen molar-refractivity contribution in [2.75, 3.05) is 23.3 Å². The molecule has 1 aliphatic rings. The lowest BCUT2D eigenvalue weighted by Crippen LogP contribution is -2.23. The van der Waals surface area contributed by atoms with Gasteiger partial charge in [0.15, 0.2) is 5.65 Å². The highest BCUT2D eigenvalue weighted by Crippen LogP contribution is 2.38. The Balaban J connectivity index is 1.51. The molecule has 168 valence electrons. The van der Waals surface area contributed by atoms with E-state index in [1.54, 1.807) is 23.4 Å². The van der Waals surface area contributed by atoms with E-state index in [1.165, 1.54) is 12.4 Å². The molecule has 33 heavy (non-hydrogen) atoms. The molecule has 0 radical (unpaired) electrons. The number of alkyl halides is 3. The normalized spacial score (nSPS) is 14.1. The summed E-state index contributed by atoms with van der Waals surface area (Å²) >= 11 is 0. The van der Waals surface area contributed by atoms with Crippen molar-refractivity contribution < 1.29 is 13.2 Å². The summed E-state index contributed by atoms with van der Waals surface area (Å²) in [4.78, 5) is 23.3. The van der Waals surface area contributed by atoms with Gasteiger partial charge in [-0.3, -0.25) is 0 Å². The minimum absolute atomic E-state index is 0.0389. The third-order valence-corrected chi connectivity index (χ3v) is 5.59. The van der Waals surface area contributed by atoms with Gasteiger partial charge in [-0.15, -0.1) is 0 Å². The van der Waals surface area contributed by atoms with E-state index in [-0.39, 0.29) is 5.82 Å². The number of hydrogen-bond acceptors (Lipinski definition) is 7. The van der Waals surface area contributed by atoms with Crippen molar-refractivity contribution in [1.29, 1.82) is 0 Å². The lowest BCUT2D eigenvalue weighted by Gasteiger charge is -2.22. The van der Waals surface area contributed by atoms with Crippen LogP contribution in [-0.2, 0) is 6.18 Å². The highest BCUT2D eigenvalue weighted by Gasteiger charge is 2.36. The zero-order valence-electron chi connectivity index (χ0n) is 17.8. The number of hydrogen-bond donors (Lipinski definition) is 1. The molecule has 1 fully saturated rings. The maximum atomic E-state index is 13.6. The Kier molecular flexibility index (Phi) is 5.27. The number of fused-ring (bicyclic) bond motifs is 1. The van der Waals surface area contributed by atoms with Crippen LogP contribution in [-0.4, -0.2) is 38.0 Å². The van der Waals surface area contributed by atoms with Crippen molar-refractivity contribution in [1.82, 2.24) is 24.9 Å². The van der Waals surface area contributed by atoms with Gasteiger partial charge in [-0.25, -0.2) is 24.9 Å². The Hall–Kier alpha value is -3.82. The molecule has 4 aromatic heterocycles. The molecule has 0 aliphatic carbocycles. The van der Waals surface area contributed by atoms with Crippen molar-refractivity contribution >= 4 is 28.4 Å². The van der Waals surface area contributed by atoms with Crippen LogP contribution in [0.5, 0.6) is 0 Å². The van der Waals surface area contributed by atoms with Crippen LogP contribution in [0.2, 0.25) is 0 Å². The molecular formula is C23H20F3N7. The number of pyridine rings is 3. The number of aryl methyl sites for hydroxylation is 1. The van der Waals surface area contributed by atoms with E-state index >= 15 is 0 Å². The maximum Gasteiger partial charge on any atom is 0.419 e. The summed E-state index contributed by atoms with van der Waals surface area (Å²) in [5.41, 5.74) is 2.69. The first kappa shape index (κ1) is 21.0. The molecule has 0 saturated carbocycles. The van der Waals surface area contributed by atoms with Crippen LogP contribution in [0, 0.1) is 6.92 Å². The van der Waals surface area contributed by atoms with Crippen molar-refractivity contribution in [3.05, 3.63) is 60.2 Å². The van der Waals surface area contributed by atoms with Crippen molar-refractivity contribution in [3.63, 3.8) is 0 Å². The number of aromatic nitrogens is 5. The van der Waals surface area contributed by atoms with Crippen LogP contribution in [0.1, 0.15) is 24.0 Å². The van der Waals surface area contributed by atoms with Gasteiger partial charge in [0.25, 0.3) is 0 Å². The number of nitrogens with one attached hydrogen (secondary N) is 1. The summed E-state index contributed by atoms with van der Waals surface area (Å²) in [7, 11) is 0. The van der Waals surface area contributed by atoms with Crippen LogP contribution in [0.15, 0.2) is 49.1 Å². The van der Waals surface area contributed by atoms with Crippen molar-refractivity contribution in [2.24, 2.45) is 0 Å². The molecule has 0 unspecified atom stereocenters. The molecule has 0 spiro atoms. The summed E-state index contributed by atoms with van der Waals surface area (Å²) in [6, 6.07) is 7.87. The fraction of sp³-hybridized carbons (Fsp3) is 0.261. The second kappa shape index (κ2) is 8.27. The van der Waals surface area contributed by atoms with Gasteiger partial charge in [0.05, 0.1) is 22.6 Å². The predicted octanol–water partition coefficient (Wildman–Crippen LogP) is 5.15. The molecule has 1 saturated heterocycles. The smallest absolute Gasteiger partial charge is 0.356 e. The van der Waals surface area contributed by atoms with Gasteiger partial charge >= 0.3 is 6.18 Å². The summed E-state index contributed by atoms with van der Waals surface area (Å²) < 4.78 is 40.7. The van der Waals surface area contributed by atoms with Gasteiger partial charge in [-0.1, -0.05) is 0 Å². The van der Waals surface area contributed by atoms with Crippen LogP contribution in [0.3, 0.4) is 0 Å². The van der Waals surface area contributed by atoms with Crippen LogP contribution in [0.25, 0.3) is 22.4 Å². The second-order valence-electron chi connectivity index (χ2n) is 7.87. The molecule has 1 N–H and O–H groups in total. The number of rotatable bonds is 4. The van der Waals surface area contributed by atoms with E-state index in [0.29, 0.717) is 41.6 Å². The first-order valence-electron chi connectivity index (χ1n) is 10.5. The van der Waals surface area contributed by atoms with E-state index in [4.69, 9.17) is 0 Å². The maximum absolute atomic E-state index is 13.6. The molecule has 0 bridgehead atoms. The lowest BCUT2D eigenvalue weighted by molar-refractivity contribution is -0.137. The standard InChI is InChI=1S/C23H20F3N7/c1-14-12-27-13-29-20(14)18-6-4-15-17(8-9-28-21(15)31-18)30-19-7-5-16(23(24,25)26)22(32-19)33-10-2-3-11-33/h4-9,12-13H,2-3,10-11H2,1H3,(H,28,30,31,32). The van der Waals surface area contributed by atoms with E-state index < -0.39 is 11.7 Å². The summed E-state index contributed by atoms with van der Waals surface area (Å²) in [6.07, 6.45) is 2.02. The van der Waals surface area contributed by atoms with E-state index in [2.05, 4.69) is 30.2 Å². The Morgan fingerprint density at radius 3 is 2.55 bits per heavy atom. The van der Waals surface area contributed by atoms with E-state index in [0.717, 1.165) is 29.9 Å². The van der Waals surface area contributed by atoms with Crippen LogP contribution >= 0.6 is 0 Å². The van der Waals surface area contributed by atoms with E-state index in [1.807, 2.05) is 19.1 Å². The molecule has 10 heteroatoms. The SMILES string of the molecule is Cc1cncnc1-c1ccc2c(Nc3ccc(C(F)(F)F)c(N4CCCC4)n3)ccnc2n1. The minimum atomic E-state index is -4.47. The summed E-state index contributed by atoms with van der Waals surface area (Å²) in [6.45, 7) is 3.03.